The highest BCUT2D eigenvalue weighted by Crippen LogP contribution is 2.09. The van der Waals surface area contributed by atoms with E-state index in [-0.39, 0.29) is 24.1 Å². The van der Waals surface area contributed by atoms with Crippen LogP contribution >= 0.6 is 0 Å². The van der Waals surface area contributed by atoms with Gasteiger partial charge in [-0.1, -0.05) is 30.3 Å². The molecule has 23 heavy (non-hydrogen) atoms. The first-order valence-corrected chi connectivity index (χ1v) is 7.39. The maximum absolute atomic E-state index is 12.9. The lowest BCUT2D eigenvalue weighted by Crippen LogP contribution is -2.31. The van der Waals surface area contributed by atoms with Crippen molar-refractivity contribution in [2.24, 2.45) is 0 Å². The summed E-state index contributed by atoms with van der Waals surface area (Å²) in [7, 11) is 0. The number of halogens is 1. The van der Waals surface area contributed by atoms with E-state index in [9.17, 15) is 14.0 Å². The predicted octanol–water partition coefficient (Wildman–Crippen LogP) is 3.20. The minimum absolute atomic E-state index is 0.123. The van der Waals surface area contributed by atoms with Crippen LogP contribution in [0.25, 0.3) is 0 Å². The molecule has 0 unspecified atom stereocenters. The average Bonchev–Trinajstić information content (AvgIpc) is 2.54. The Bertz CT molecular complexity index is 656. The number of rotatable bonds is 6. The first kappa shape index (κ1) is 16.7. The highest BCUT2D eigenvalue weighted by Gasteiger charge is 2.12. The average molecular weight is 314 g/mol. The Morgan fingerprint density at radius 2 is 1.70 bits per heavy atom. The molecule has 120 valence electrons. The molecule has 0 aliphatic carbocycles. The van der Waals surface area contributed by atoms with E-state index in [0.717, 1.165) is 11.3 Å². The van der Waals surface area contributed by atoms with Crippen LogP contribution in [-0.2, 0) is 16.1 Å². The molecule has 2 aromatic rings. The highest BCUT2D eigenvalue weighted by atomic mass is 19.1. The minimum atomic E-state index is -0.314. The number of para-hydroxylation sites is 1. The van der Waals surface area contributed by atoms with Crippen molar-refractivity contribution < 1.29 is 14.0 Å². The summed E-state index contributed by atoms with van der Waals surface area (Å²) in [6.07, 6.45) is 0.204. The van der Waals surface area contributed by atoms with Crippen LogP contribution in [0.15, 0.2) is 54.6 Å². The van der Waals surface area contributed by atoms with Crippen molar-refractivity contribution >= 4 is 17.5 Å². The monoisotopic (exact) mass is 314 g/mol. The molecule has 0 aromatic heterocycles. The van der Waals surface area contributed by atoms with Crippen LogP contribution in [-0.4, -0.2) is 23.3 Å². The first-order chi connectivity index (χ1) is 11.0. The maximum Gasteiger partial charge on any atom is 0.226 e. The molecule has 0 bridgehead atoms. The van der Waals surface area contributed by atoms with Crippen LogP contribution in [0.2, 0.25) is 0 Å². The smallest absolute Gasteiger partial charge is 0.226 e. The number of benzene rings is 2. The lowest BCUT2D eigenvalue weighted by Gasteiger charge is -2.21. The van der Waals surface area contributed by atoms with Crippen molar-refractivity contribution in [3.05, 3.63) is 66.0 Å². The Morgan fingerprint density at radius 3 is 2.30 bits per heavy atom. The van der Waals surface area contributed by atoms with Gasteiger partial charge in [0.2, 0.25) is 11.8 Å². The Labute approximate surface area is 134 Å². The summed E-state index contributed by atoms with van der Waals surface area (Å²) in [6, 6.07) is 15.1. The van der Waals surface area contributed by atoms with Crippen LogP contribution in [0.4, 0.5) is 10.1 Å². The zero-order valence-electron chi connectivity index (χ0n) is 13.0. The van der Waals surface area contributed by atoms with E-state index >= 15 is 0 Å². The number of hydrogen-bond acceptors (Lipinski definition) is 2. The summed E-state index contributed by atoms with van der Waals surface area (Å²) in [5.41, 5.74) is 1.55. The van der Waals surface area contributed by atoms with E-state index in [4.69, 9.17) is 0 Å². The van der Waals surface area contributed by atoms with Crippen molar-refractivity contribution in [2.45, 2.75) is 19.9 Å². The number of anilines is 1. The lowest BCUT2D eigenvalue weighted by molar-refractivity contribution is -0.129. The lowest BCUT2D eigenvalue weighted by atomic mass is 10.2. The van der Waals surface area contributed by atoms with Crippen molar-refractivity contribution in [3.63, 3.8) is 0 Å². The summed E-state index contributed by atoms with van der Waals surface area (Å²) in [6.45, 7) is 2.12. The molecule has 0 aliphatic heterocycles. The summed E-state index contributed by atoms with van der Waals surface area (Å²) < 4.78 is 12.9. The fourth-order valence-electron chi connectivity index (χ4n) is 2.14. The van der Waals surface area contributed by atoms with Crippen molar-refractivity contribution in [2.75, 3.05) is 11.9 Å². The van der Waals surface area contributed by atoms with Crippen molar-refractivity contribution in [3.8, 4) is 0 Å². The quantitative estimate of drug-likeness (QED) is 0.890. The van der Waals surface area contributed by atoms with Gasteiger partial charge in [-0.25, -0.2) is 4.39 Å². The van der Waals surface area contributed by atoms with Gasteiger partial charge in [-0.15, -0.1) is 0 Å². The second-order valence-corrected chi connectivity index (χ2v) is 5.23. The Hall–Kier alpha value is -2.69. The first-order valence-electron chi connectivity index (χ1n) is 7.39. The van der Waals surface area contributed by atoms with Gasteiger partial charge in [0, 0.05) is 32.1 Å². The maximum atomic E-state index is 12.9. The van der Waals surface area contributed by atoms with Gasteiger partial charge in [0.1, 0.15) is 5.82 Å². The molecule has 0 fully saturated rings. The molecule has 0 saturated heterocycles. The molecule has 0 spiro atoms. The van der Waals surface area contributed by atoms with E-state index in [1.54, 1.807) is 29.2 Å². The third kappa shape index (κ3) is 5.54. The minimum Gasteiger partial charge on any atom is -0.338 e. The van der Waals surface area contributed by atoms with Gasteiger partial charge in [-0.3, -0.25) is 9.59 Å². The normalized spacial score (nSPS) is 10.2. The van der Waals surface area contributed by atoms with Crippen molar-refractivity contribution in [1.29, 1.82) is 0 Å². The van der Waals surface area contributed by atoms with E-state index in [1.807, 2.05) is 18.2 Å². The van der Waals surface area contributed by atoms with E-state index in [2.05, 4.69) is 5.32 Å². The molecular weight excluding hydrogens is 295 g/mol. The standard InChI is InChI=1S/C18H19FN2O2/c1-14(22)21(13-15-7-9-16(19)10-8-15)12-11-18(23)20-17-5-3-2-4-6-17/h2-10H,11-13H2,1H3,(H,20,23). The van der Waals surface area contributed by atoms with Gasteiger partial charge < -0.3 is 10.2 Å². The van der Waals surface area contributed by atoms with Gasteiger partial charge >= 0.3 is 0 Å². The molecule has 1 N–H and O–H groups in total. The van der Waals surface area contributed by atoms with Gasteiger partial charge in [-0.2, -0.15) is 0 Å². The molecule has 5 heteroatoms. The Kier molecular flexibility index (Phi) is 5.86. The third-order valence-corrected chi connectivity index (χ3v) is 3.40. The van der Waals surface area contributed by atoms with Crippen LogP contribution in [0.3, 0.4) is 0 Å². The zero-order chi connectivity index (χ0) is 16.7. The summed E-state index contributed by atoms with van der Waals surface area (Å²) >= 11 is 0. The molecule has 2 amide bonds. The Balaban J connectivity index is 1.88. The predicted molar refractivity (Wildman–Crippen MR) is 87.2 cm³/mol. The number of nitrogens with one attached hydrogen (secondary N) is 1. The van der Waals surface area contributed by atoms with E-state index in [1.165, 1.54) is 19.1 Å². The van der Waals surface area contributed by atoms with E-state index in [0.29, 0.717) is 13.1 Å². The zero-order valence-corrected chi connectivity index (χ0v) is 13.0. The number of nitrogens with zero attached hydrogens (tertiary/aromatic N) is 1. The molecule has 0 aliphatic rings. The van der Waals surface area contributed by atoms with Crippen LogP contribution in [0.1, 0.15) is 18.9 Å². The molecule has 2 rings (SSSR count). The van der Waals surface area contributed by atoms with Gasteiger partial charge in [-0.05, 0) is 29.8 Å². The van der Waals surface area contributed by atoms with E-state index < -0.39 is 0 Å². The summed E-state index contributed by atoms with van der Waals surface area (Å²) in [5.74, 6) is -0.589. The molecule has 2 aromatic carbocycles. The van der Waals surface area contributed by atoms with Crippen LogP contribution in [0.5, 0.6) is 0 Å². The second-order valence-electron chi connectivity index (χ2n) is 5.23. The number of carbonyl (C=O) groups excluding carboxylic acids is 2. The van der Waals surface area contributed by atoms with Gasteiger partial charge in [0.05, 0.1) is 0 Å². The molecule has 0 heterocycles. The molecule has 0 saturated carbocycles. The van der Waals surface area contributed by atoms with Gasteiger partial charge in [0.15, 0.2) is 0 Å². The highest BCUT2D eigenvalue weighted by molar-refractivity contribution is 5.91. The van der Waals surface area contributed by atoms with Crippen molar-refractivity contribution in [1.82, 2.24) is 4.90 Å². The molecule has 0 atom stereocenters. The summed E-state index contributed by atoms with van der Waals surface area (Å²) in [4.78, 5) is 25.2. The van der Waals surface area contributed by atoms with Gasteiger partial charge in [0.25, 0.3) is 0 Å². The van der Waals surface area contributed by atoms with Crippen LogP contribution < -0.4 is 5.32 Å². The SMILES string of the molecule is CC(=O)N(CCC(=O)Nc1ccccc1)Cc1ccc(F)cc1. The third-order valence-electron chi connectivity index (χ3n) is 3.40. The molecule has 4 nitrogen and oxygen atoms in total. The molecule has 0 radical (unpaired) electrons. The second kappa shape index (κ2) is 8.08. The number of amides is 2. The topological polar surface area (TPSA) is 49.4 Å². The van der Waals surface area contributed by atoms with Crippen LogP contribution in [0, 0.1) is 5.82 Å². The number of hydrogen-bond donors (Lipinski definition) is 1. The fourth-order valence-corrected chi connectivity index (χ4v) is 2.14. The molecular formula is C18H19FN2O2. The number of carbonyl (C=O) groups is 2. The largest absolute Gasteiger partial charge is 0.338 e. The summed E-state index contributed by atoms with van der Waals surface area (Å²) in [5, 5.41) is 2.78. The fraction of sp³-hybridized carbons (Fsp3) is 0.222. The Morgan fingerprint density at radius 1 is 1.04 bits per heavy atom.